The number of hydrogen-bond acceptors (Lipinski definition) is 8. The summed E-state index contributed by atoms with van der Waals surface area (Å²) in [5.74, 6) is 1.43. The highest BCUT2D eigenvalue weighted by atomic mass is 35.5. The van der Waals surface area contributed by atoms with Crippen LogP contribution in [0, 0.1) is 6.92 Å². The number of hydrazone groups is 1. The molecular formula is C21H24ClN7O. The normalized spacial score (nSPS) is 10.9. The van der Waals surface area contributed by atoms with Crippen molar-refractivity contribution in [3.8, 4) is 5.75 Å². The van der Waals surface area contributed by atoms with Crippen molar-refractivity contribution in [2.24, 2.45) is 5.10 Å². The molecule has 3 N–H and O–H groups in total. The van der Waals surface area contributed by atoms with Gasteiger partial charge in [0.05, 0.1) is 6.21 Å². The Morgan fingerprint density at radius 1 is 1.03 bits per heavy atom. The maximum atomic E-state index is 9.37. The lowest BCUT2D eigenvalue weighted by Gasteiger charge is -2.19. The highest BCUT2D eigenvalue weighted by Crippen LogP contribution is 2.23. The Morgan fingerprint density at radius 3 is 2.40 bits per heavy atom. The van der Waals surface area contributed by atoms with Crippen LogP contribution in [0.3, 0.4) is 0 Å². The lowest BCUT2D eigenvalue weighted by atomic mass is 10.2. The van der Waals surface area contributed by atoms with Crippen molar-refractivity contribution in [1.29, 1.82) is 0 Å². The van der Waals surface area contributed by atoms with Crippen molar-refractivity contribution < 1.29 is 5.11 Å². The third-order valence-electron chi connectivity index (χ3n) is 4.37. The number of anilines is 4. The molecule has 0 saturated heterocycles. The molecule has 1 heterocycles. The van der Waals surface area contributed by atoms with Gasteiger partial charge in [0.15, 0.2) is 0 Å². The SMILES string of the molecule is CCN(CC)c1nc(N/N=C\c2ccc(O)cc2)nc(Nc2ccc(C)c(Cl)c2)n1. The van der Waals surface area contributed by atoms with Crippen LogP contribution in [0.15, 0.2) is 47.6 Å². The van der Waals surface area contributed by atoms with Gasteiger partial charge in [-0.15, -0.1) is 0 Å². The van der Waals surface area contributed by atoms with E-state index in [0.29, 0.717) is 22.9 Å². The van der Waals surface area contributed by atoms with Crippen molar-refractivity contribution >= 4 is 41.3 Å². The summed E-state index contributed by atoms with van der Waals surface area (Å²) in [6, 6.07) is 12.4. The number of phenolic OH excluding ortho intramolecular Hbond substituents is 1. The molecule has 1 aromatic heterocycles. The van der Waals surface area contributed by atoms with E-state index in [9.17, 15) is 5.11 Å². The summed E-state index contributed by atoms with van der Waals surface area (Å²) in [4.78, 5) is 15.4. The molecule has 3 rings (SSSR count). The number of aryl methyl sites for hydroxylation is 1. The monoisotopic (exact) mass is 425 g/mol. The van der Waals surface area contributed by atoms with Gasteiger partial charge in [0.1, 0.15) is 5.75 Å². The van der Waals surface area contributed by atoms with Crippen LogP contribution in [0.2, 0.25) is 5.02 Å². The highest BCUT2D eigenvalue weighted by molar-refractivity contribution is 6.31. The molecule has 0 aliphatic carbocycles. The van der Waals surface area contributed by atoms with Gasteiger partial charge >= 0.3 is 0 Å². The standard InChI is InChI=1S/C21H24ClN7O/c1-4-29(5-2)21-26-19(24-16-9-6-14(3)18(22)12-16)25-20(27-21)28-23-13-15-7-10-17(30)11-8-15/h6-13,30H,4-5H2,1-3H3,(H2,24,25,26,27,28)/b23-13-. The minimum absolute atomic E-state index is 0.202. The molecular weight excluding hydrogens is 402 g/mol. The molecule has 8 nitrogen and oxygen atoms in total. The quantitative estimate of drug-likeness (QED) is 0.359. The maximum absolute atomic E-state index is 9.37. The van der Waals surface area contributed by atoms with Gasteiger partial charge in [-0.3, -0.25) is 0 Å². The predicted octanol–water partition coefficient (Wildman–Crippen LogP) is 4.57. The molecule has 0 radical (unpaired) electrons. The molecule has 0 spiro atoms. The molecule has 3 aromatic rings. The van der Waals surface area contributed by atoms with Gasteiger partial charge in [0.25, 0.3) is 0 Å². The highest BCUT2D eigenvalue weighted by Gasteiger charge is 2.11. The first-order valence-electron chi connectivity index (χ1n) is 9.60. The Labute approximate surface area is 180 Å². The number of rotatable bonds is 8. The number of aromatic hydroxyl groups is 1. The van der Waals surface area contributed by atoms with Crippen molar-refractivity contribution in [3.63, 3.8) is 0 Å². The van der Waals surface area contributed by atoms with E-state index in [4.69, 9.17) is 11.6 Å². The van der Waals surface area contributed by atoms with E-state index < -0.39 is 0 Å². The number of phenols is 1. The van der Waals surface area contributed by atoms with E-state index in [-0.39, 0.29) is 5.75 Å². The van der Waals surface area contributed by atoms with Crippen LogP contribution in [-0.4, -0.2) is 39.4 Å². The van der Waals surface area contributed by atoms with Crippen LogP contribution in [0.5, 0.6) is 5.75 Å². The molecule has 0 bridgehead atoms. The number of nitrogens with one attached hydrogen (secondary N) is 2. The Hall–Kier alpha value is -3.39. The van der Waals surface area contributed by atoms with Crippen LogP contribution in [0.25, 0.3) is 0 Å². The summed E-state index contributed by atoms with van der Waals surface area (Å²) in [6.07, 6.45) is 1.62. The first-order valence-corrected chi connectivity index (χ1v) is 9.98. The summed E-state index contributed by atoms with van der Waals surface area (Å²) >= 11 is 6.23. The first-order chi connectivity index (χ1) is 14.5. The second-order valence-electron chi connectivity index (χ2n) is 6.51. The molecule has 0 atom stereocenters. The van der Waals surface area contributed by atoms with E-state index in [1.165, 1.54) is 0 Å². The average Bonchev–Trinajstić information content (AvgIpc) is 2.73. The summed E-state index contributed by atoms with van der Waals surface area (Å²) in [7, 11) is 0. The summed E-state index contributed by atoms with van der Waals surface area (Å²) in [5.41, 5.74) is 5.45. The predicted molar refractivity (Wildman–Crippen MR) is 122 cm³/mol. The second-order valence-corrected chi connectivity index (χ2v) is 6.91. The molecule has 9 heteroatoms. The van der Waals surface area contributed by atoms with E-state index >= 15 is 0 Å². The number of hydrogen-bond donors (Lipinski definition) is 3. The average molecular weight is 426 g/mol. The zero-order valence-electron chi connectivity index (χ0n) is 17.1. The second kappa shape index (κ2) is 9.89. The first kappa shape index (κ1) is 21.3. The smallest absolute Gasteiger partial charge is 0.250 e. The molecule has 0 aliphatic rings. The molecule has 156 valence electrons. The van der Waals surface area contributed by atoms with E-state index in [0.717, 1.165) is 29.9 Å². The van der Waals surface area contributed by atoms with Crippen LogP contribution in [0.4, 0.5) is 23.5 Å². The molecule has 0 unspecified atom stereocenters. The molecule has 0 aliphatic heterocycles. The summed E-state index contributed by atoms with van der Waals surface area (Å²) in [5, 5.41) is 17.4. The number of aromatic nitrogens is 3. The maximum Gasteiger partial charge on any atom is 0.250 e. The Morgan fingerprint density at radius 2 is 1.73 bits per heavy atom. The number of benzene rings is 2. The van der Waals surface area contributed by atoms with Gasteiger partial charge in [-0.1, -0.05) is 17.7 Å². The summed E-state index contributed by atoms with van der Waals surface area (Å²) < 4.78 is 0. The van der Waals surface area contributed by atoms with Gasteiger partial charge in [-0.05, 0) is 68.3 Å². The minimum atomic E-state index is 0.202. The fourth-order valence-corrected chi connectivity index (χ4v) is 2.82. The third kappa shape index (κ3) is 5.57. The minimum Gasteiger partial charge on any atom is -0.508 e. The van der Waals surface area contributed by atoms with Crippen LogP contribution in [-0.2, 0) is 0 Å². The van der Waals surface area contributed by atoms with Crippen LogP contribution >= 0.6 is 11.6 Å². The Balaban J connectivity index is 1.85. The van der Waals surface area contributed by atoms with Gasteiger partial charge < -0.3 is 15.3 Å². The van der Waals surface area contributed by atoms with Crippen molar-refractivity contribution in [2.75, 3.05) is 28.7 Å². The lowest BCUT2D eigenvalue weighted by Crippen LogP contribution is -2.25. The van der Waals surface area contributed by atoms with Crippen molar-refractivity contribution in [1.82, 2.24) is 15.0 Å². The van der Waals surface area contributed by atoms with Gasteiger partial charge in [-0.25, -0.2) is 5.43 Å². The van der Waals surface area contributed by atoms with Crippen molar-refractivity contribution in [2.45, 2.75) is 20.8 Å². The number of halogens is 1. The largest absolute Gasteiger partial charge is 0.508 e. The Kier molecular flexibility index (Phi) is 7.03. The van der Waals surface area contributed by atoms with E-state index in [2.05, 4.69) is 30.8 Å². The van der Waals surface area contributed by atoms with E-state index in [1.54, 1.807) is 30.5 Å². The van der Waals surface area contributed by atoms with Gasteiger partial charge in [-0.2, -0.15) is 20.1 Å². The Bertz CT molecular complexity index is 1020. The molecule has 0 saturated carbocycles. The molecule has 0 amide bonds. The molecule has 30 heavy (non-hydrogen) atoms. The zero-order chi connectivity index (χ0) is 21.5. The van der Waals surface area contributed by atoms with E-state index in [1.807, 2.05) is 43.9 Å². The molecule has 2 aromatic carbocycles. The molecule has 0 fully saturated rings. The topological polar surface area (TPSA) is 98.6 Å². The summed E-state index contributed by atoms with van der Waals surface area (Å²) in [6.45, 7) is 7.53. The third-order valence-corrected chi connectivity index (χ3v) is 4.78. The van der Waals surface area contributed by atoms with Gasteiger partial charge in [0, 0.05) is 23.8 Å². The number of nitrogens with zero attached hydrogens (tertiary/aromatic N) is 5. The zero-order valence-corrected chi connectivity index (χ0v) is 17.9. The van der Waals surface area contributed by atoms with Crippen LogP contribution < -0.4 is 15.6 Å². The van der Waals surface area contributed by atoms with Crippen LogP contribution in [0.1, 0.15) is 25.0 Å². The fourth-order valence-electron chi connectivity index (χ4n) is 2.64. The fraction of sp³-hybridized carbons (Fsp3) is 0.238. The van der Waals surface area contributed by atoms with Gasteiger partial charge in [0.2, 0.25) is 17.8 Å². The lowest BCUT2D eigenvalue weighted by molar-refractivity contribution is 0.475. The van der Waals surface area contributed by atoms with Crippen molar-refractivity contribution in [3.05, 3.63) is 58.6 Å².